The number of rotatable bonds is 19. The molecule has 0 aliphatic carbocycles. The van der Waals surface area contributed by atoms with Crippen LogP contribution >= 0.6 is 0 Å². The van der Waals surface area contributed by atoms with Crippen molar-refractivity contribution in [1.82, 2.24) is 31.2 Å². The first-order valence-corrected chi connectivity index (χ1v) is 22.4. The van der Waals surface area contributed by atoms with Crippen molar-refractivity contribution in [3.8, 4) is 40.0 Å². The summed E-state index contributed by atoms with van der Waals surface area (Å²) in [5.41, 5.74) is 23.2. The smallest absolute Gasteiger partial charge is 0.253 e. The third kappa shape index (κ3) is 12.9. The van der Waals surface area contributed by atoms with Crippen molar-refractivity contribution in [3.05, 3.63) is 101 Å². The van der Waals surface area contributed by atoms with Gasteiger partial charge in [-0.1, -0.05) is 56.2 Å². The number of aromatic nitrogens is 1. The molecule has 4 atom stereocenters. The maximum atomic E-state index is 14.7. The van der Waals surface area contributed by atoms with Crippen molar-refractivity contribution >= 4 is 29.5 Å². The third-order valence-electron chi connectivity index (χ3n) is 11.3. The highest BCUT2D eigenvalue weighted by molar-refractivity contribution is 6.00. The predicted molar refractivity (Wildman–Crippen MR) is 251 cm³/mol. The largest absolute Gasteiger partial charge is 0.492 e. The first kappa shape index (κ1) is 50.1. The minimum atomic E-state index is -1.39. The Morgan fingerprint density at radius 3 is 2.21 bits per heavy atom. The van der Waals surface area contributed by atoms with Gasteiger partial charge in [-0.05, 0) is 92.7 Å². The molecule has 66 heavy (non-hydrogen) atoms. The summed E-state index contributed by atoms with van der Waals surface area (Å²) < 4.78 is 12.2. The normalized spacial score (nSPS) is 16.4. The van der Waals surface area contributed by atoms with Gasteiger partial charge in [-0.2, -0.15) is 5.26 Å². The van der Waals surface area contributed by atoms with Crippen molar-refractivity contribution in [2.45, 2.75) is 83.5 Å². The van der Waals surface area contributed by atoms with Gasteiger partial charge in [-0.15, -0.1) is 0 Å². The number of nitriles is 1. The molecule has 4 aromatic rings. The lowest BCUT2D eigenvalue weighted by molar-refractivity contribution is -0.141. The van der Waals surface area contributed by atoms with E-state index < -0.39 is 53.7 Å². The topological polar surface area (TPSA) is 270 Å². The number of hydrogen-bond acceptors (Lipinski definition) is 12. The monoisotopic (exact) mass is 902 g/mol. The third-order valence-corrected chi connectivity index (χ3v) is 11.3. The van der Waals surface area contributed by atoms with E-state index in [9.17, 15) is 24.0 Å². The van der Waals surface area contributed by atoms with Crippen LogP contribution in [0.25, 0.3) is 22.4 Å². The molecule has 17 heteroatoms. The van der Waals surface area contributed by atoms with Gasteiger partial charge in [0.1, 0.15) is 55.4 Å². The van der Waals surface area contributed by atoms with Crippen LogP contribution in [0, 0.1) is 18.3 Å². The Morgan fingerprint density at radius 1 is 0.894 bits per heavy atom. The van der Waals surface area contributed by atoms with Gasteiger partial charge in [0, 0.05) is 43.2 Å². The molecule has 350 valence electrons. The number of carbonyl (C=O) groups is 5. The van der Waals surface area contributed by atoms with Gasteiger partial charge >= 0.3 is 0 Å². The van der Waals surface area contributed by atoms with Crippen molar-refractivity contribution < 1.29 is 33.4 Å². The lowest BCUT2D eigenvalue weighted by Gasteiger charge is -2.32. The number of nitrogens with two attached hydrogens (primary N) is 3. The number of likely N-dealkylation sites (N-methyl/N-ethyl adjacent to an activating group) is 1. The Kier molecular flexibility index (Phi) is 18.6. The minimum Gasteiger partial charge on any atom is -0.492 e. The number of fused-ring (bicyclic) bond motifs is 5. The number of hydrogen-bond donors (Lipinski definition) is 7. The number of nitrogens with one attached hydrogen (secondary N) is 4. The predicted octanol–water partition coefficient (Wildman–Crippen LogP) is 2.96. The highest BCUT2D eigenvalue weighted by Gasteiger charge is 2.36. The van der Waals surface area contributed by atoms with Crippen LogP contribution < -0.4 is 47.9 Å². The van der Waals surface area contributed by atoms with Gasteiger partial charge in [-0.25, -0.2) is 0 Å². The van der Waals surface area contributed by atoms with Crippen molar-refractivity contribution in [2.24, 2.45) is 17.2 Å². The molecule has 2 heterocycles. The van der Waals surface area contributed by atoms with E-state index in [0.29, 0.717) is 45.1 Å². The molecule has 1 aliphatic rings. The minimum absolute atomic E-state index is 0.00735. The Labute approximate surface area is 386 Å². The molecule has 1 aromatic heterocycles. The number of ether oxygens (including phenoxy) is 2. The van der Waals surface area contributed by atoms with Crippen LogP contribution in [-0.4, -0.2) is 104 Å². The molecular weight excluding hydrogens is 841 g/mol. The fraction of sp³-hybridized carbons (Fsp3) is 0.408. The molecule has 5 amide bonds. The van der Waals surface area contributed by atoms with Gasteiger partial charge in [-0.3, -0.25) is 29.0 Å². The molecule has 1 aliphatic heterocycles. The maximum absolute atomic E-state index is 14.7. The molecule has 4 bridgehead atoms. The highest BCUT2D eigenvalue weighted by Crippen LogP contribution is 2.40. The molecule has 0 radical (unpaired) electrons. The van der Waals surface area contributed by atoms with E-state index in [0.717, 1.165) is 24.8 Å². The van der Waals surface area contributed by atoms with E-state index in [1.54, 1.807) is 55.5 Å². The number of nitrogens with zero attached hydrogens (tertiary/aromatic N) is 3. The lowest BCUT2D eigenvalue weighted by Crippen LogP contribution is -2.56. The van der Waals surface area contributed by atoms with Crippen LogP contribution in [0.1, 0.15) is 78.3 Å². The van der Waals surface area contributed by atoms with Crippen LogP contribution in [0.15, 0.2) is 72.8 Å². The average molecular weight is 903 g/mol. The number of carbonyl (C=O) groups excluding carboxylic acids is 5. The second-order valence-corrected chi connectivity index (χ2v) is 16.2. The van der Waals surface area contributed by atoms with Gasteiger partial charge in [0.15, 0.2) is 0 Å². The van der Waals surface area contributed by atoms with Crippen molar-refractivity contribution in [1.29, 1.82) is 5.26 Å². The van der Waals surface area contributed by atoms with Crippen molar-refractivity contribution in [2.75, 3.05) is 46.4 Å². The van der Waals surface area contributed by atoms with Crippen LogP contribution in [0.4, 0.5) is 0 Å². The maximum Gasteiger partial charge on any atom is 0.253 e. The highest BCUT2D eigenvalue weighted by atomic mass is 16.5. The molecular formula is C49H62N10O7. The molecule has 0 fully saturated rings. The molecule has 0 saturated carbocycles. The van der Waals surface area contributed by atoms with Gasteiger partial charge < -0.3 is 52.8 Å². The number of amides is 5. The van der Waals surface area contributed by atoms with Crippen LogP contribution in [-0.2, 0) is 32.0 Å². The summed E-state index contributed by atoms with van der Waals surface area (Å²) in [6.45, 7) is 5.76. The Morgan fingerprint density at radius 2 is 1.58 bits per heavy atom. The number of pyridine rings is 1. The molecule has 17 nitrogen and oxygen atoms in total. The molecule has 0 spiro atoms. The van der Waals surface area contributed by atoms with E-state index in [2.05, 4.69) is 40.3 Å². The summed E-state index contributed by atoms with van der Waals surface area (Å²) in [5.74, 6) is -2.46. The van der Waals surface area contributed by atoms with E-state index in [-0.39, 0.29) is 57.8 Å². The lowest BCUT2D eigenvalue weighted by atomic mass is 9.93. The van der Waals surface area contributed by atoms with E-state index in [1.807, 2.05) is 18.2 Å². The molecule has 0 saturated heterocycles. The molecule has 3 aromatic carbocycles. The number of aryl methyl sites for hydroxylation is 2. The molecule has 1 unspecified atom stereocenters. The number of unbranched alkanes of at least 4 members (excludes halogenated alkanes) is 2. The van der Waals surface area contributed by atoms with Gasteiger partial charge in [0.25, 0.3) is 5.91 Å². The quantitative estimate of drug-likeness (QED) is 0.0529. The summed E-state index contributed by atoms with van der Waals surface area (Å²) in [6, 6.07) is 18.8. The molecule has 5 rings (SSSR count). The van der Waals surface area contributed by atoms with Crippen LogP contribution in [0.3, 0.4) is 0 Å². The van der Waals surface area contributed by atoms with Crippen LogP contribution in [0.2, 0.25) is 0 Å². The summed E-state index contributed by atoms with van der Waals surface area (Å²) in [5, 5.41) is 19.9. The van der Waals surface area contributed by atoms with E-state index in [1.165, 1.54) is 30.9 Å². The Hall–Kier alpha value is -6.87. The second kappa shape index (κ2) is 24.4. The van der Waals surface area contributed by atoms with E-state index >= 15 is 0 Å². The first-order chi connectivity index (χ1) is 31.8. The Balaban J connectivity index is 1.53. The van der Waals surface area contributed by atoms with Gasteiger partial charge in [0.05, 0.1) is 23.0 Å². The van der Waals surface area contributed by atoms with Crippen LogP contribution in [0.5, 0.6) is 11.5 Å². The fourth-order valence-corrected chi connectivity index (χ4v) is 7.75. The number of benzene rings is 3. The van der Waals surface area contributed by atoms with E-state index in [4.69, 9.17) is 36.9 Å². The Bertz CT molecular complexity index is 2390. The van der Waals surface area contributed by atoms with Crippen molar-refractivity contribution in [3.63, 3.8) is 0 Å². The average Bonchev–Trinajstić information content (AvgIpc) is 3.31. The zero-order chi connectivity index (χ0) is 47.8. The zero-order valence-electron chi connectivity index (χ0n) is 38.2. The SMILES string of the molecule is CCCCCc1ccc(-c2ccc(C(=O)NC(CCN)C(=O)N(C)[C@@H]3C(=O)N[C@@H](C)C(=O)N[C@H](C(=O)NCC#N)Cc4ccc(OCCN)c(c4)-c4cc3ccc4OCCN)c(C)n2)cc1. The second-order valence-electron chi connectivity index (χ2n) is 16.2. The van der Waals surface area contributed by atoms with Gasteiger partial charge in [0.2, 0.25) is 23.6 Å². The zero-order valence-corrected chi connectivity index (χ0v) is 38.2. The first-order valence-electron chi connectivity index (χ1n) is 22.4. The summed E-state index contributed by atoms with van der Waals surface area (Å²) in [7, 11) is 1.43. The summed E-state index contributed by atoms with van der Waals surface area (Å²) in [6.07, 6.45) is 4.49. The fourth-order valence-electron chi connectivity index (χ4n) is 7.75. The summed E-state index contributed by atoms with van der Waals surface area (Å²) in [4.78, 5) is 76.2. The standard InChI is InChI=1S/C49H62N10O7/c1-5-6-7-8-32-9-12-34(13-10-32)39-16-15-36(30(2)55-39)46(61)57-40(19-20-50)49(64)59(4)44-35-14-18-43(66-26-23-53)38(29-35)37-27-33(11-17-42(37)65-25-22-52)28-41(47(62)54-24-21-51)58-45(60)31(3)56-48(44)63/h9-18,27,29,31,40-41,44H,5-8,19-20,22-26,28,50,52-53H2,1-4H3,(H,54,62)(H,56,63)(H,57,61)(H,58,60)/t31-,40?,41-,44-/m0/s1. The summed E-state index contributed by atoms with van der Waals surface area (Å²) >= 11 is 0. The molecule has 10 N–H and O–H groups in total.